The molecule has 1 aromatic carbocycles. The summed E-state index contributed by atoms with van der Waals surface area (Å²) in [4.78, 5) is 11.8. The van der Waals surface area contributed by atoms with Gasteiger partial charge in [-0.3, -0.25) is 4.79 Å². The molecule has 0 radical (unpaired) electrons. The van der Waals surface area contributed by atoms with Crippen molar-refractivity contribution in [3.05, 3.63) is 66.3 Å². The lowest BCUT2D eigenvalue weighted by Gasteiger charge is -2.35. The maximum absolute atomic E-state index is 11.8. The fourth-order valence-corrected chi connectivity index (χ4v) is 5.37. The number of allylic oxidation sites excluding steroid dienone is 5. The minimum Gasteiger partial charge on any atom is -0.481 e. The molecule has 3 aliphatic carbocycles. The van der Waals surface area contributed by atoms with Gasteiger partial charge in [0.25, 0.3) is 0 Å². The second-order valence-corrected chi connectivity index (χ2v) is 7.90. The Kier molecular flexibility index (Phi) is 4.61. The molecule has 0 amide bonds. The van der Waals surface area contributed by atoms with Crippen molar-refractivity contribution >= 4 is 12.0 Å². The average Bonchev–Trinajstić information content (AvgIpc) is 2.99. The van der Waals surface area contributed by atoms with Crippen LogP contribution in [0.15, 0.2) is 60.7 Å². The van der Waals surface area contributed by atoms with E-state index in [4.69, 9.17) is 0 Å². The third kappa shape index (κ3) is 3.35. The smallest absolute Gasteiger partial charge is 0.307 e. The third-order valence-corrected chi connectivity index (χ3v) is 6.53. The number of rotatable bonds is 5. The Hall–Kier alpha value is -2.09. The summed E-state index contributed by atoms with van der Waals surface area (Å²) < 4.78 is 0. The van der Waals surface area contributed by atoms with Crippen molar-refractivity contribution in [1.29, 1.82) is 0 Å². The molecule has 0 saturated heterocycles. The fourth-order valence-electron chi connectivity index (χ4n) is 5.37. The van der Waals surface area contributed by atoms with Crippen LogP contribution < -0.4 is 0 Å². The Morgan fingerprint density at radius 1 is 1.04 bits per heavy atom. The van der Waals surface area contributed by atoms with Crippen molar-refractivity contribution < 1.29 is 9.90 Å². The lowest BCUT2D eigenvalue weighted by molar-refractivity contribution is -0.146. The van der Waals surface area contributed by atoms with Crippen molar-refractivity contribution in [3.8, 4) is 0 Å². The molecule has 6 unspecified atom stereocenters. The second-order valence-electron chi connectivity index (χ2n) is 7.90. The molecule has 2 nitrogen and oxygen atoms in total. The van der Waals surface area contributed by atoms with Crippen LogP contribution in [0.25, 0.3) is 6.08 Å². The Bertz CT molecular complexity index is 700. The van der Waals surface area contributed by atoms with E-state index in [0.29, 0.717) is 23.7 Å². The van der Waals surface area contributed by atoms with Gasteiger partial charge in [0.1, 0.15) is 0 Å². The summed E-state index contributed by atoms with van der Waals surface area (Å²) in [5.74, 6) is 1.74. The lowest BCUT2D eigenvalue weighted by atomic mass is 9.69. The summed E-state index contributed by atoms with van der Waals surface area (Å²) in [5.41, 5.74) is 1.21. The molecule has 0 aliphatic heterocycles. The van der Waals surface area contributed by atoms with Crippen LogP contribution in [-0.4, -0.2) is 11.1 Å². The highest BCUT2D eigenvalue weighted by Gasteiger charge is 2.50. The molecule has 2 heteroatoms. The van der Waals surface area contributed by atoms with Gasteiger partial charge in [0.15, 0.2) is 0 Å². The zero-order valence-electron chi connectivity index (χ0n) is 14.5. The van der Waals surface area contributed by atoms with Gasteiger partial charge in [0.2, 0.25) is 0 Å². The highest BCUT2D eigenvalue weighted by Crippen LogP contribution is 2.55. The molecule has 4 rings (SSSR count). The molecule has 1 N–H and O–H groups in total. The number of fused-ring (bicyclic) bond motifs is 2. The zero-order chi connectivity index (χ0) is 17.2. The number of hydrogen-bond acceptors (Lipinski definition) is 1. The maximum Gasteiger partial charge on any atom is 0.307 e. The van der Waals surface area contributed by atoms with Crippen LogP contribution in [0.3, 0.4) is 0 Å². The van der Waals surface area contributed by atoms with Crippen LogP contribution in [0.5, 0.6) is 0 Å². The predicted molar refractivity (Wildman–Crippen MR) is 101 cm³/mol. The molecular formula is C23H26O2. The summed E-state index contributed by atoms with van der Waals surface area (Å²) in [5, 5.41) is 9.69. The Balaban J connectivity index is 1.41. The SMILES string of the molecule is O=C(O)C1C2C=CC3CC(CC31)C(C/C=C/C=C/c1ccccc1)C2. The fraction of sp³-hybridized carbons (Fsp3) is 0.435. The van der Waals surface area contributed by atoms with Crippen LogP contribution in [0.1, 0.15) is 31.2 Å². The molecule has 3 bridgehead atoms. The minimum absolute atomic E-state index is 0.146. The van der Waals surface area contributed by atoms with Gasteiger partial charge < -0.3 is 5.11 Å². The van der Waals surface area contributed by atoms with Gasteiger partial charge in [0, 0.05) is 0 Å². The quantitative estimate of drug-likeness (QED) is 0.594. The summed E-state index contributed by atoms with van der Waals surface area (Å²) in [6, 6.07) is 10.3. The number of carboxylic acids is 1. The molecule has 2 saturated carbocycles. The molecule has 1 aromatic rings. The third-order valence-electron chi connectivity index (χ3n) is 6.53. The monoisotopic (exact) mass is 334 g/mol. The number of aliphatic carboxylic acids is 1. The van der Waals surface area contributed by atoms with Crippen molar-refractivity contribution in [3.63, 3.8) is 0 Å². The second kappa shape index (κ2) is 7.03. The summed E-state index contributed by atoms with van der Waals surface area (Å²) >= 11 is 0. The number of benzene rings is 1. The Morgan fingerprint density at radius 2 is 1.84 bits per heavy atom. The average molecular weight is 334 g/mol. The Morgan fingerprint density at radius 3 is 2.64 bits per heavy atom. The standard InChI is InChI=1S/C23H26O2/c24-23(25)22-19-12-11-18-14-20(15-21(18)22)17(13-19)10-6-2-5-9-16-7-3-1-4-8-16/h1-9,11-12,17-22H,10,13-15H2,(H,24,25)/b6-2+,9-5+. The molecule has 6 atom stereocenters. The molecule has 130 valence electrons. The van der Waals surface area contributed by atoms with E-state index in [1.54, 1.807) is 0 Å². The van der Waals surface area contributed by atoms with Crippen molar-refractivity contribution in [2.45, 2.75) is 25.7 Å². The summed E-state index contributed by atoms with van der Waals surface area (Å²) in [7, 11) is 0. The molecule has 0 aromatic heterocycles. The summed E-state index contributed by atoms with van der Waals surface area (Å²) in [6.07, 6.45) is 17.6. The zero-order valence-corrected chi connectivity index (χ0v) is 14.5. The van der Waals surface area contributed by atoms with E-state index in [1.807, 2.05) is 18.2 Å². The highest BCUT2D eigenvalue weighted by molar-refractivity contribution is 5.71. The first-order chi connectivity index (χ1) is 12.2. The van der Waals surface area contributed by atoms with Crippen LogP contribution in [0, 0.1) is 35.5 Å². The van der Waals surface area contributed by atoms with Gasteiger partial charge in [-0.05, 0) is 60.8 Å². The Labute approximate surface area is 150 Å². The van der Waals surface area contributed by atoms with E-state index in [1.165, 1.54) is 12.0 Å². The molecule has 25 heavy (non-hydrogen) atoms. The van der Waals surface area contributed by atoms with Gasteiger partial charge in [-0.25, -0.2) is 0 Å². The van der Waals surface area contributed by atoms with Gasteiger partial charge in [-0.15, -0.1) is 0 Å². The maximum atomic E-state index is 11.8. The highest BCUT2D eigenvalue weighted by atomic mass is 16.4. The first kappa shape index (κ1) is 16.4. The topological polar surface area (TPSA) is 37.3 Å². The van der Waals surface area contributed by atoms with E-state index in [9.17, 15) is 9.90 Å². The molecular weight excluding hydrogens is 308 g/mol. The first-order valence-corrected chi connectivity index (χ1v) is 9.52. The van der Waals surface area contributed by atoms with E-state index >= 15 is 0 Å². The van der Waals surface area contributed by atoms with Crippen molar-refractivity contribution in [2.75, 3.05) is 0 Å². The van der Waals surface area contributed by atoms with E-state index in [-0.39, 0.29) is 11.8 Å². The van der Waals surface area contributed by atoms with Crippen LogP contribution in [0.4, 0.5) is 0 Å². The van der Waals surface area contributed by atoms with Gasteiger partial charge in [-0.2, -0.15) is 0 Å². The largest absolute Gasteiger partial charge is 0.481 e. The minimum atomic E-state index is -0.577. The number of hydrogen-bond donors (Lipinski definition) is 1. The van der Waals surface area contributed by atoms with Crippen molar-refractivity contribution in [2.24, 2.45) is 35.5 Å². The molecule has 3 aliphatic rings. The van der Waals surface area contributed by atoms with E-state index in [0.717, 1.165) is 19.3 Å². The number of carbonyl (C=O) groups is 1. The van der Waals surface area contributed by atoms with Crippen LogP contribution >= 0.6 is 0 Å². The van der Waals surface area contributed by atoms with Gasteiger partial charge >= 0.3 is 5.97 Å². The summed E-state index contributed by atoms with van der Waals surface area (Å²) in [6.45, 7) is 0. The van der Waals surface area contributed by atoms with Crippen molar-refractivity contribution in [1.82, 2.24) is 0 Å². The number of carboxylic acid groups (broad SMARTS) is 1. The van der Waals surface area contributed by atoms with E-state index < -0.39 is 5.97 Å². The first-order valence-electron chi connectivity index (χ1n) is 9.52. The lowest BCUT2D eigenvalue weighted by Crippen LogP contribution is -2.35. The molecule has 0 spiro atoms. The van der Waals surface area contributed by atoms with Gasteiger partial charge in [-0.1, -0.05) is 66.8 Å². The van der Waals surface area contributed by atoms with Gasteiger partial charge in [0.05, 0.1) is 5.92 Å². The molecule has 0 heterocycles. The van der Waals surface area contributed by atoms with Crippen LogP contribution in [-0.2, 0) is 4.79 Å². The molecule has 2 fully saturated rings. The van der Waals surface area contributed by atoms with Crippen LogP contribution in [0.2, 0.25) is 0 Å². The predicted octanol–water partition coefficient (Wildman–Crippen LogP) is 5.20. The normalized spacial score (nSPS) is 36.3. The van der Waals surface area contributed by atoms with E-state index in [2.05, 4.69) is 48.6 Å².